The fourth-order valence-corrected chi connectivity index (χ4v) is 5.50. The molecule has 0 aromatic heterocycles. The molecule has 6 heteroatoms. The molecule has 184 valence electrons. The predicted molar refractivity (Wildman–Crippen MR) is 139 cm³/mol. The highest BCUT2D eigenvalue weighted by molar-refractivity contribution is 8.15. The minimum Gasteiger partial charge on any atom is -0.507 e. The Kier molecular flexibility index (Phi) is 8.34. The molecule has 2 N–H and O–H groups in total. The molecule has 1 fully saturated rings. The summed E-state index contributed by atoms with van der Waals surface area (Å²) in [5, 5.41) is 12.1. The number of benzene rings is 2. The fourth-order valence-electron chi connectivity index (χ4n) is 4.64. The number of nitrogens with one attached hydrogen (secondary N) is 1. The Balaban J connectivity index is 0.00000103. The molecular formula is C28H37NO4S. The van der Waals surface area contributed by atoms with Crippen LogP contribution in [0.4, 0.5) is 4.79 Å². The molecule has 1 aliphatic heterocycles. The third kappa shape index (κ3) is 5.77. The van der Waals surface area contributed by atoms with E-state index >= 15 is 0 Å². The number of carbonyl (C=O) groups is 2. The maximum absolute atomic E-state index is 11.7. The largest absolute Gasteiger partial charge is 0.507 e. The van der Waals surface area contributed by atoms with Crippen molar-refractivity contribution < 1.29 is 19.4 Å². The Morgan fingerprint density at radius 1 is 1.06 bits per heavy atom. The predicted octanol–water partition coefficient (Wildman–Crippen LogP) is 6.20. The van der Waals surface area contributed by atoms with Gasteiger partial charge in [0, 0.05) is 5.41 Å². The number of hydrogen-bond donors (Lipinski definition) is 2. The van der Waals surface area contributed by atoms with E-state index in [1.165, 1.54) is 23.1 Å². The normalized spacial score (nSPS) is 21.4. The summed E-state index contributed by atoms with van der Waals surface area (Å²) >= 11 is 1.05. The van der Waals surface area contributed by atoms with Gasteiger partial charge in [-0.25, -0.2) is 0 Å². The van der Waals surface area contributed by atoms with Gasteiger partial charge in [0.25, 0.3) is 5.24 Å². The Labute approximate surface area is 207 Å². The van der Waals surface area contributed by atoms with Gasteiger partial charge in [0.15, 0.2) is 0 Å². The second-order valence-corrected chi connectivity index (χ2v) is 11.1. The lowest BCUT2D eigenvalue weighted by atomic mass is 9.70. The molecule has 2 unspecified atom stereocenters. The fraction of sp³-hybridized carbons (Fsp3) is 0.500. The Bertz CT molecular complexity index is 1060. The monoisotopic (exact) mass is 483 g/mol. The summed E-state index contributed by atoms with van der Waals surface area (Å²) in [6, 6.07) is 7.80. The highest BCUT2D eigenvalue weighted by Gasteiger charge is 2.34. The van der Waals surface area contributed by atoms with E-state index in [1.807, 2.05) is 38.1 Å². The van der Waals surface area contributed by atoms with Crippen LogP contribution < -0.4 is 10.1 Å². The minimum atomic E-state index is -0.352. The molecule has 5 nitrogen and oxygen atoms in total. The van der Waals surface area contributed by atoms with Gasteiger partial charge >= 0.3 is 0 Å². The summed E-state index contributed by atoms with van der Waals surface area (Å²) < 4.78 is 6.16. The van der Waals surface area contributed by atoms with E-state index in [9.17, 15) is 14.7 Å². The maximum Gasteiger partial charge on any atom is 0.286 e. The van der Waals surface area contributed by atoms with E-state index in [0.717, 1.165) is 53.5 Å². The van der Waals surface area contributed by atoms with Gasteiger partial charge in [-0.3, -0.25) is 14.9 Å². The standard InChI is InChI=1S/C25H29NO4S.C3H8/c1-14-15(2)22(27)16(3)19-9-10-25(4,12-20(14)19)13-30-18-7-5-17(6-8-18)11-21-23(28)26-24(29)31-21;1-3-2/h5-8,21,27H,9-13H2,1-4H3,(H,26,28,29);3H2,1-2H3. The van der Waals surface area contributed by atoms with Crippen molar-refractivity contribution in [3.8, 4) is 11.5 Å². The van der Waals surface area contributed by atoms with Crippen molar-refractivity contribution in [2.45, 2.75) is 78.9 Å². The van der Waals surface area contributed by atoms with Crippen LogP contribution >= 0.6 is 11.8 Å². The summed E-state index contributed by atoms with van der Waals surface area (Å²) in [5.74, 6) is 1.04. The second-order valence-electron chi connectivity index (χ2n) is 9.90. The second kappa shape index (κ2) is 10.9. The number of phenolic OH excluding ortho intramolecular Hbond substituents is 1. The number of hydrogen-bond acceptors (Lipinski definition) is 5. The number of thioether (sulfide) groups is 1. The number of fused-ring (bicyclic) bond motifs is 1. The lowest BCUT2D eigenvalue weighted by Crippen LogP contribution is -2.33. The Morgan fingerprint density at radius 2 is 1.71 bits per heavy atom. The average molecular weight is 484 g/mol. The number of aromatic hydroxyl groups is 1. The first-order valence-electron chi connectivity index (χ1n) is 12.1. The molecule has 1 saturated heterocycles. The van der Waals surface area contributed by atoms with Crippen LogP contribution in [0.5, 0.6) is 11.5 Å². The van der Waals surface area contributed by atoms with Crippen LogP contribution in [0, 0.1) is 26.2 Å². The van der Waals surface area contributed by atoms with Crippen molar-refractivity contribution in [1.82, 2.24) is 5.32 Å². The number of amides is 2. The third-order valence-corrected chi connectivity index (χ3v) is 7.80. The van der Waals surface area contributed by atoms with Crippen LogP contribution in [0.1, 0.15) is 67.0 Å². The summed E-state index contributed by atoms with van der Waals surface area (Å²) in [6.07, 6.45) is 4.69. The quantitative estimate of drug-likeness (QED) is 0.529. The molecule has 2 aromatic carbocycles. The zero-order valence-corrected chi connectivity index (χ0v) is 22.0. The lowest BCUT2D eigenvalue weighted by molar-refractivity contribution is -0.118. The molecule has 4 rings (SSSR count). The molecule has 0 bridgehead atoms. The Morgan fingerprint density at radius 3 is 2.29 bits per heavy atom. The van der Waals surface area contributed by atoms with Crippen LogP contribution in [0.2, 0.25) is 0 Å². The van der Waals surface area contributed by atoms with Gasteiger partial charge in [-0.2, -0.15) is 0 Å². The zero-order chi connectivity index (χ0) is 25.0. The molecule has 0 saturated carbocycles. The Hall–Kier alpha value is -2.47. The molecular weight excluding hydrogens is 446 g/mol. The zero-order valence-electron chi connectivity index (χ0n) is 21.2. The molecule has 0 spiro atoms. The molecule has 2 aromatic rings. The topological polar surface area (TPSA) is 75.6 Å². The molecule has 2 amide bonds. The summed E-state index contributed by atoms with van der Waals surface area (Å²) in [7, 11) is 0. The van der Waals surface area contributed by atoms with Crippen LogP contribution in [0.3, 0.4) is 0 Å². The minimum absolute atomic E-state index is 0.0330. The van der Waals surface area contributed by atoms with Crippen molar-refractivity contribution in [3.63, 3.8) is 0 Å². The van der Waals surface area contributed by atoms with Crippen molar-refractivity contribution in [2.75, 3.05) is 6.61 Å². The summed E-state index contributed by atoms with van der Waals surface area (Å²) in [4.78, 5) is 23.1. The van der Waals surface area contributed by atoms with Crippen LogP contribution in [0.25, 0.3) is 0 Å². The van der Waals surface area contributed by atoms with Gasteiger partial charge in [-0.05, 0) is 92.0 Å². The van der Waals surface area contributed by atoms with Gasteiger partial charge in [0.2, 0.25) is 5.91 Å². The molecule has 34 heavy (non-hydrogen) atoms. The van der Waals surface area contributed by atoms with Crippen LogP contribution in [-0.2, 0) is 24.1 Å². The van der Waals surface area contributed by atoms with E-state index < -0.39 is 0 Å². The van der Waals surface area contributed by atoms with E-state index in [0.29, 0.717) is 18.8 Å². The maximum atomic E-state index is 11.7. The smallest absolute Gasteiger partial charge is 0.286 e. The molecule has 1 aliphatic carbocycles. The molecule has 2 aliphatic rings. The highest BCUT2D eigenvalue weighted by Crippen LogP contribution is 2.42. The van der Waals surface area contributed by atoms with Crippen molar-refractivity contribution in [2.24, 2.45) is 5.41 Å². The van der Waals surface area contributed by atoms with Crippen molar-refractivity contribution in [1.29, 1.82) is 0 Å². The number of ether oxygens (including phenoxy) is 1. The van der Waals surface area contributed by atoms with E-state index in [4.69, 9.17) is 4.74 Å². The number of rotatable bonds is 5. The average Bonchev–Trinajstić information content (AvgIpc) is 3.12. The van der Waals surface area contributed by atoms with Gasteiger partial charge in [0.1, 0.15) is 11.5 Å². The van der Waals surface area contributed by atoms with Crippen LogP contribution in [0.15, 0.2) is 24.3 Å². The van der Waals surface area contributed by atoms with Gasteiger partial charge < -0.3 is 9.84 Å². The molecule has 2 atom stereocenters. The number of imide groups is 1. The molecule has 1 heterocycles. The van der Waals surface area contributed by atoms with E-state index in [-0.39, 0.29) is 21.8 Å². The first-order valence-corrected chi connectivity index (χ1v) is 13.0. The molecule has 0 radical (unpaired) electrons. The first kappa shape index (κ1) is 26.1. The number of phenols is 1. The van der Waals surface area contributed by atoms with Gasteiger partial charge in [-0.15, -0.1) is 0 Å². The van der Waals surface area contributed by atoms with E-state index in [2.05, 4.69) is 33.0 Å². The summed E-state index contributed by atoms with van der Waals surface area (Å²) in [6.45, 7) is 13.3. The van der Waals surface area contributed by atoms with Crippen molar-refractivity contribution >= 4 is 22.9 Å². The van der Waals surface area contributed by atoms with E-state index in [1.54, 1.807) is 0 Å². The first-order chi connectivity index (χ1) is 16.1. The number of carbonyl (C=O) groups excluding carboxylic acids is 2. The highest BCUT2D eigenvalue weighted by atomic mass is 32.2. The summed E-state index contributed by atoms with van der Waals surface area (Å²) in [5.41, 5.74) is 6.90. The van der Waals surface area contributed by atoms with Crippen LogP contribution in [-0.4, -0.2) is 28.1 Å². The van der Waals surface area contributed by atoms with Gasteiger partial charge in [0.05, 0.1) is 11.9 Å². The lowest BCUT2D eigenvalue weighted by Gasteiger charge is -2.37. The SMILES string of the molecule is CCC.Cc1c(C)c2c(c(C)c1O)CCC(C)(COc1ccc(CC3SC(=O)NC3=O)cc1)C2. The van der Waals surface area contributed by atoms with Crippen molar-refractivity contribution in [3.05, 3.63) is 57.6 Å². The third-order valence-electron chi connectivity index (χ3n) is 6.82. The van der Waals surface area contributed by atoms with Gasteiger partial charge in [-0.1, -0.05) is 51.1 Å².